The second-order valence-corrected chi connectivity index (χ2v) is 21.0. The van der Waals surface area contributed by atoms with Crippen molar-refractivity contribution < 1.29 is 42.1 Å². The molecule has 0 aliphatic heterocycles. The molecule has 0 aromatic carbocycles. The molecule has 9 nitrogen and oxygen atoms in total. The van der Waals surface area contributed by atoms with Crippen molar-refractivity contribution in [1.82, 2.24) is 0 Å². The van der Waals surface area contributed by atoms with Gasteiger partial charge in [0.15, 0.2) is 6.10 Å². The van der Waals surface area contributed by atoms with E-state index < -0.39 is 26.5 Å². The Labute approximate surface area is 384 Å². The molecule has 0 saturated carbocycles. The molecule has 0 aromatic heterocycles. The molecular weight excluding hydrogens is 798 g/mol. The van der Waals surface area contributed by atoms with Crippen molar-refractivity contribution in [3.05, 3.63) is 0 Å². The molecule has 0 rings (SSSR count). The number of quaternary nitrogens is 1. The first-order chi connectivity index (χ1) is 30.0. The van der Waals surface area contributed by atoms with Gasteiger partial charge in [-0.3, -0.25) is 14.2 Å². The van der Waals surface area contributed by atoms with Crippen LogP contribution in [0.1, 0.15) is 271 Å². The Hall–Kier alpha value is -0.990. The van der Waals surface area contributed by atoms with Gasteiger partial charge in [-0.2, -0.15) is 0 Å². The number of hydrogen-bond donors (Lipinski definition) is 0. The van der Waals surface area contributed by atoms with Gasteiger partial charge in [0.1, 0.15) is 19.8 Å². The van der Waals surface area contributed by atoms with Crippen molar-refractivity contribution in [2.24, 2.45) is 0 Å². The molecule has 62 heavy (non-hydrogen) atoms. The molecule has 0 N–H and O–H groups in total. The summed E-state index contributed by atoms with van der Waals surface area (Å²) in [5.74, 6) is -0.812. The largest absolute Gasteiger partial charge is 0.756 e. The van der Waals surface area contributed by atoms with E-state index in [9.17, 15) is 19.0 Å². The summed E-state index contributed by atoms with van der Waals surface area (Å²) in [5, 5.41) is 0. The predicted octanol–water partition coefficient (Wildman–Crippen LogP) is 15.3. The number of rotatable bonds is 50. The number of likely N-dealkylation sites (N-methyl/N-ethyl adjacent to an activating group) is 1. The Morgan fingerprint density at radius 3 is 1.03 bits per heavy atom. The van der Waals surface area contributed by atoms with Crippen LogP contribution in [0.3, 0.4) is 0 Å². The lowest BCUT2D eigenvalue weighted by Crippen LogP contribution is -2.37. The van der Waals surface area contributed by atoms with Crippen LogP contribution in [0.2, 0.25) is 0 Å². The number of phosphoric ester groups is 1. The highest BCUT2D eigenvalue weighted by Crippen LogP contribution is 2.38. The van der Waals surface area contributed by atoms with Gasteiger partial charge in [-0.1, -0.05) is 245 Å². The Morgan fingerprint density at radius 1 is 0.435 bits per heavy atom. The van der Waals surface area contributed by atoms with Gasteiger partial charge in [0.2, 0.25) is 0 Å². The van der Waals surface area contributed by atoms with Gasteiger partial charge in [0.25, 0.3) is 7.82 Å². The Kier molecular flexibility index (Phi) is 44.5. The highest BCUT2D eigenvalue weighted by atomic mass is 31.2. The molecule has 2 unspecified atom stereocenters. The number of esters is 2. The zero-order valence-electron chi connectivity index (χ0n) is 41.9. The quantitative estimate of drug-likeness (QED) is 0.0257. The summed E-state index contributed by atoms with van der Waals surface area (Å²) in [6, 6.07) is 0. The smallest absolute Gasteiger partial charge is 0.306 e. The Bertz CT molecular complexity index is 1020. The van der Waals surface area contributed by atoms with E-state index in [1.165, 1.54) is 205 Å². The van der Waals surface area contributed by atoms with Crippen LogP contribution >= 0.6 is 7.82 Å². The zero-order chi connectivity index (χ0) is 45.7. The number of hydrogen-bond acceptors (Lipinski definition) is 8. The van der Waals surface area contributed by atoms with Gasteiger partial charge in [-0.25, -0.2) is 0 Å². The topological polar surface area (TPSA) is 111 Å². The third kappa shape index (κ3) is 48.5. The van der Waals surface area contributed by atoms with Crippen LogP contribution in [0, 0.1) is 0 Å². The summed E-state index contributed by atoms with van der Waals surface area (Å²) in [7, 11) is 1.19. The van der Waals surface area contributed by atoms with E-state index >= 15 is 0 Å². The monoisotopic (exact) mass is 902 g/mol. The third-order valence-electron chi connectivity index (χ3n) is 12.1. The Balaban J connectivity index is 4.17. The van der Waals surface area contributed by atoms with Gasteiger partial charge in [-0.05, 0) is 12.8 Å². The molecule has 0 aliphatic rings. The van der Waals surface area contributed by atoms with Crippen molar-refractivity contribution in [3.63, 3.8) is 0 Å². The molecule has 370 valence electrons. The van der Waals surface area contributed by atoms with Gasteiger partial charge in [0.05, 0.1) is 27.7 Å². The van der Waals surface area contributed by atoms with Crippen LogP contribution < -0.4 is 4.89 Å². The maximum atomic E-state index is 12.8. The molecule has 0 radical (unpaired) electrons. The average molecular weight is 902 g/mol. The number of carbonyl (C=O) groups excluding carboxylic acids is 2. The third-order valence-corrected chi connectivity index (χ3v) is 13.1. The SMILES string of the molecule is CCCCCCCCCCCCCCCCCCCCCCCC(=O)OC(COC(=O)CCCCCCCCCCCCCCCCCCC)COP(=O)([O-])OCC[N+](C)(C)C. The lowest BCUT2D eigenvalue weighted by molar-refractivity contribution is -0.870. The van der Waals surface area contributed by atoms with Crippen LogP contribution in [-0.4, -0.2) is 70.0 Å². The van der Waals surface area contributed by atoms with E-state index in [0.717, 1.165) is 32.1 Å². The summed E-state index contributed by atoms with van der Waals surface area (Å²) in [5.41, 5.74) is 0. The second-order valence-electron chi connectivity index (χ2n) is 19.6. The minimum atomic E-state index is -4.62. The minimum absolute atomic E-state index is 0.0252. The van der Waals surface area contributed by atoms with Crippen molar-refractivity contribution in [2.45, 2.75) is 277 Å². The number of carbonyl (C=O) groups is 2. The summed E-state index contributed by atoms with van der Waals surface area (Å²) >= 11 is 0. The molecule has 0 bridgehead atoms. The first-order valence-corrected chi connectivity index (χ1v) is 28.2. The van der Waals surface area contributed by atoms with Crippen molar-refractivity contribution in [1.29, 1.82) is 0 Å². The number of unbranched alkanes of at least 4 members (excludes halogenated alkanes) is 36. The maximum Gasteiger partial charge on any atom is 0.306 e. The average Bonchev–Trinajstić information content (AvgIpc) is 3.23. The normalized spacial score (nSPS) is 13.3. The van der Waals surface area contributed by atoms with Crippen LogP contribution in [-0.2, 0) is 32.7 Å². The van der Waals surface area contributed by atoms with E-state index in [2.05, 4.69) is 13.8 Å². The maximum absolute atomic E-state index is 12.8. The highest BCUT2D eigenvalue weighted by molar-refractivity contribution is 7.45. The van der Waals surface area contributed by atoms with E-state index in [-0.39, 0.29) is 32.0 Å². The van der Waals surface area contributed by atoms with E-state index in [0.29, 0.717) is 17.4 Å². The fourth-order valence-electron chi connectivity index (χ4n) is 7.95. The summed E-state index contributed by atoms with van der Waals surface area (Å²) in [4.78, 5) is 37.7. The molecule has 0 spiro atoms. The fourth-order valence-corrected chi connectivity index (χ4v) is 8.68. The van der Waals surface area contributed by atoms with E-state index in [4.69, 9.17) is 18.5 Å². The molecule has 0 aliphatic carbocycles. The molecule has 0 aromatic rings. The number of nitrogens with zero attached hydrogens (tertiary/aromatic N) is 1. The minimum Gasteiger partial charge on any atom is -0.756 e. The molecular formula is C52H104NO8P. The molecule has 0 fully saturated rings. The fraction of sp³-hybridized carbons (Fsp3) is 0.962. The zero-order valence-corrected chi connectivity index (χ0v) is 42.7. The lowest BCUT2D eigenvalue weighted by Gasteiger charge is -2.28. The van der Waals surface area contributed by atoms with Gasteiger partial charge in [0, 0.05) is 12.8 Å². The van der Waals surface area contributed by atoms with Crippen molar-refractivity contribution in [2.75, 3.05) is 47.5 Å². The van der Waals surface area contributed by atoms with Crippen LogP contribution in [0.4, 0.5) is 0 Å². The first kappa shape index (κ1) is 61.0. The van der Waals surface area contributed by atoms with Gasteiger partial charge in [-0.15, -0.1) is 0 Å². The van der Waals surface area contributed by atoms with E-state index in [1.54, 1.807) is 0 Å². The van der Waals surface area contributed by atoms with Gasteiger partial charge < -0.3 is 27.9 Å². The molecule has 0 heterocycles. The summed E-state index contributed by atoms with van der Waals surface area (Å²) in [6.45, 7) is 4.30. The highest BCUT2D eigenvalue weighted by Gasteiger charge is 2.21. The van der Waals surface area contributed by atoms with E-state index in [1.807, 2.05) is 21.1 Å². The standard InChI is InChI=1S/C52H104NO8P/c1-6-8-10-12-14-16-18-20-22-24-25-26-27-29-31-33-35-37-39-41-43-45-52(55)61-50(49-60-62(56,57)59-47-46-53(3,4)5)48-58-51(54)44-42-40-38-36-34-32-30-28-23-21-19-17-15-13-11-9-7-2/h50H,6-49H2,1-5H3. The second kappa shape index (κ2) is 45.2. The lowest BCUT2D eigenvalue weighted by atomic mass is 10.0. The molecule has 10 heteroatoms. The Morgan fingerprint density at radius 2 is 0.726 bits per heavy atom. The van der Waals surface area contributed by atoms with Gasteiger partial charge >= 0.3 is 11.9 Å². The number of ether oxygens (including phenoxy) is 2. The van der Waals surface area contributed by atoms with Crippen molar-refractivity contribution in [3.8, 4) is 0 Å². The molecule has 0 amide bonds. The van der Waals surface area contributed by atoms with Crippen LogP contribution in [0.15, 0.2) is 0 Å². The van der Waals surface area contributed by atoms with Crippen LogP contribution in [0.5, 0.6) is 0 Å². The molecule has 0 saturated heterocycles. The summed E-state index contributed by atoms with van der Waals surface area (Å²) in [6.07, 6.45) is 48.5. The number of phosphoric acid groups is 1. The molecule has 2 atom stereocenters. The van der Waals surface area contributed by atoms with Crippen LogP contribution in [0.25, 0.3) is 0 Å². The van der Waals surface area contributed by atoms with Crippen molar-refractivity contribution >= 4 is 19.8 Å². The predicted molar refractivity (Wildman–Crippen MR) is 259 cm³/mol. The summed E-state index contributed by atoms with van der Waals surface area (Å²) < 4.78 is 34.1. The first-order valence-electron chi connectivity index (χ1n) is 26.7.